The van der Waals surface area contributed by atoms with E-state index in [0.717, 1.165) is 38.1 Å². The summed E-state index contributed by atoms with van der Waals surface area (Å²) in [4.78, 5) is 10.2. The Bertz CT molecular complexity index is 732. The number of ether oxygens (including phenoxy) is 1. The minimum absolute atomic E-state index is 0.0914. The van der Waals surface area contributed by atoms with Gasteiger partial charge in [-0.1, -0.05) is 0 Å². The van der Waals surface area contributed by atoms with Gasteiger partial charge in [-0.15, -0.1) is 10.2 Å². The third kappa shape index (κ3) is 2.54. The van der Waals surface area contributed by atoms with Crippen LogP contribution in [0.3, 0.4) is 0 Å². The van der Waals surface area contributed by atoms with Gasteiger partial charge in [0, 0.05) is 19.0 Å². The average Bonchev–Trinajstić information content (AvgIpc) is 3.18. The first-order chi connectivity index (χ1) is 11.8. The predicted octanol–water partition coefficient (Wildman–Crippen LogP) is 2.23. The number of anilines is 1. The van der Waals surface area contributed by atoms with E-state index in [-0.39, 0.29) is 12.2 Å². The lowest BCUT2D eigenvalue weighted by Crippen LogP contribution is -2.43. The fourth-order valence-corrected chi connectivity index (χ4v) is 3.61. The Morgan fingerprint density at radius 3 is 2.67 bits per heavy atom. The largest absolute Gasteiger partial charge is 0.422 e. The van der Waals surface area contributed by atoms with Crippen LogP contribution >= 0.6 is 0 Å². The molecule has 126 valence electrons. The first-order valence-electron chi connectivity index (χ1n) is 8.47. The maximum absolute atomic E-state index is 13.0. The lowest BCUT2D eigenvalue weighted by atomic mass is 9.92. The lowest BCUT2D eigenvalue weighted by Gasteiger charge is -2.33. The molecule has 3 atom stereocenters. The molecule has 0 radical (unpaired) electrons. The van der Waals surface area contributed by atoms with Crippen LogP contribution in [0.5, 0.6) is 0 Å². The van der Waals surface area contributed by atoms with Gasteiger partial charge >= 0.3 is 0 Å². The van der Waals surface area contributed by atoms with E-state index in [4.69, 9.17) is 9.15 Å². The average molecular weight is 331 g/mol. The first-order valence-corrected chi connectivity index (χ1v) is 8.47. The van der Waals surface area contributed by atoms with Crippen LogP contribution in [-0.4, -0.2) is 39.4 Å². The molecule has 2 aromatic rings. The zero-order valence-corrected chi connectivity index (χ0v) is 13.1. The van der Waals surface area contributed by atoms with Crippen molar-refractivity contribution in [2.24, 2.45) is 5.92 Å². The minimum atomic E-state index is -0.423. The van der Waals surface area contributed by atoms with Crippen LogP contribution in [0.2, 0.25) is 0 Å². The SMILES string of the molecule is Fc1cnc(N2CC[C@@H]3C[C@H](c4nnc(C5CC5)o4)O[C@H]3C2)nc1. The number of hydrogen-bond donors (Lipinski definition) is 0. The number of piperidine rings is 1. The highest BCUT2D eigenvalue weighted by Gasteiger charge is 2.42. The Morgan fingerprint density at radius 1 is 1.08 bits per heavy atom. The molecule has 24 heavy (non-hydrogen) atoms. The van der Waals surface area contributed by atoms with Crippen LogP contribution in [0.1, 0.15) is 49.5 Å². The van der Waals surface area contributed by atoms with E-state index in [1.807, 2.05) is 4.90 Å². The van der Waals surface area contributed by atoms with Crippen molar-refractivity contribution in [2.45, 2.75) is 43.8 Å². The molecule has 3 fully saturated rings. The lowest BCUT2D eigenvalue weighted by molar-refractivity contribution is 0.0183. The van der Waals surface area contributed by atoms with Crippen molar-refractivity contribution in [1.29, 1.82) is 0 Å². The Kier molecular flexibility index (Phi) is 3.26. The van der Waals surface area contributed by atoms with E-state index in [0.29, 0.717) is 30.2 Å². The van der Waals surface area contributed by atoms with Crippen LogP contribution in [0.4, 0.5) is 10.3 Å². The van der Waals surface area contributed by atoms with E-state index in [9.17, 15) is 4.39 Å². The molecule has 2 aliphatic heterocycles. The Hall–Kier alpha value is -2.09. The number of aromatic nitrogens is 4. The quantitative estimate of drug-likeness (QED) is 0.853. The van der Waals surface area contributed by atoms with Crippen LogP contribution < -0.4 is 4.90 Å². The topological polar surface area (TPSA) is 77.2 Å². The van der Waals surface area contributed by atoms with Crippen LogP contribution in [0, 0.1) is 11.7 Å². The highest BCUT2D eigenvalue weighted by atomic mass is 19.1. The number of hydrogen-bond acceptors (Lipinski definition) is 7. The van der Waals surface area contributed by atoms with Crippen LogP contribution in [0.25, 0.3) is 0 Å². The van der Waals surface area contributed by atoms with Gasteiger partial charge in [-0.3, -0.25) is 0 Å². The smallest absolute Gasteiger partial charge is 0.245 e. The predicted molar refractivity (Wildman–Crippen MR) is 80.8 cm³/mol. The zero-order chi connectivity index (χ0) is 16.1. The Balaban J connectivity index is 1.28. The molecule has 5 rings (SSSR count). The van der Waals surface area contributed by atoms with Gasteiger partial charge in [-0.25, -0.2) is 14.4 Å². The van der Waals surface area contributed by atoms with E-state index in [1.54, 1.807) is 0 Å². The molecule has 0 bridgehead atoms. The summed E-state index contributed by atoms with van der Waals surface area (Å²) < 4.78 is 24.9. The van der Waals surface area contributed by atoms with Crippen molar-refractivity contribution in [3.8, 4) is 0 Å². The standard InChI is InChI=1S/C16H18FN5O2/c17-11-6-18-16(19-7-11)22-4-3-10-5-12(23-13(10)8-22)15-21-20-14(24-15)9-1-2-9/h6-7,9-10,12-13H,1-5,8H2/t10-,12-,13+/m1/s1. The Labute approximate surface area is 138 Å². The molecular weight excluding hydrogens is 313 g/mol. The molecule has 1 aliphatic carbocycles. The molecule has 0 unspecified atom stereocenters. The van der Waals surface area contributed by atoms with Gasteiger partial charge in [-0.2, -0.15) is 0 Å². The molecule has 8 heteroatoms. The molecule has 2 aromatic heterocycles. The van der Waals surface area contributed by atoms with Gasteiger partial charge in [0.1, 0.15) is 6.10 Å². The van der Waals surface area contributed by atoms with Gasteiger partial charge in [0.2, 0.25) is 17.7 Å². The summed E-state index contributed by atoms with van der Waals surface area (Å²) in [6.07, 6.45) is 6.56. The molecule has 0 amide bonds. The second kappa shape index (κ2) is 5.47. The van der Waals surface area contributed by atoms with E-state index < -0.39 is 5.82 Å². The first kappa shape index (κ1) is 14.3. The van der Waals surface area contributed by atoms with Crippen molar-refractivity contribution in [3.63, 3.8) is 0 Å². The monoisotopic (exact) mass is 331 g/mol. The molecule has 7 nitrogen and oxygen atoms in total. The van der Waals surface area contributed by atoms with Gasteiger partial charge in [0.15, 0.2) is 5.82 Å². The third-order valence-electron chi connectivity index (χ3n) is 5.10. The van der Waals surface area contributed by atoms with Gasteiger partial charge < -0.3 is 14.1 Å². The fourth-order valence-electron chi connectivity index (χ4n) is 3.61. The summed E-state index contributed by atoms with van der Waals surface area (Å²) in [5.41, 5.74) is 0. The number of fused-ring (bicyclic) bond motifs is 1. The molecule has 0 N–H and O–H groups in total. The van der Waals surface area contributed by atoms with Crippen molar-refractivity contribution in [2.75, 3.05) is 18.0 Å². The van der Waals surface area contributed by atoms with Crippen molar-refractivity contribution in [3.05, 3.63) is 30.0 Å². The highest BCUT2D eigenvalue weighted by Crippen LogP contribution is 2.43. The van der Waals surface area contributed by atoms with Crippen LogP contribution in [-0.2, 0) is 4.74 Å². The highest BCUT2D eigenvalue weighted by molar-refractivity contribution is 5.30. The summed E-state index contributed by atoms with van der Waals surface area (Å²) >= 11 is 0. The summed E-state index contributed by atoms with van der Waals surface area (Å²) in [5.74, 6) is 2.43. The number of rotatable bonds is 3. The molecule has 0 spiro atoms. The normalized spacial score (nSPS) is 29.7. The van der Waals surface area contributed by atoms with Gasteiger partial charge in [0.25, 0.3) is 0 Å². The summed E-state index contributed by atoms with van der Waals surface area (Å²) in [5, 5.41) is 8.33. The van der Waals surface area contributed by atoms with E-state index in [1.165, 1.54) is 12.4 Å². The third-order valence-corrected chi connectivity index (χ3v) is 5.10. The zero-order valence-electron chi connectivity index (χ0n) is 13.1. The summed E-state index contributed by atoms with van der Waals surface area (Å²) in [6.45, 7) is 1.55. The Morgan fingerprint density at radius 2 is 1.88 bits per heavy atom. The number of nitrogens with zero attached hydrogens (tertiary/aromatic N) is 5. The van der Waals surface area contributed by atoms with E-state index >= 15 is 0 Å². The molecule has 3 aliphatic rings. The van der Waals surface area contributed by atoms with Crippen molar-refractivity contribution < 1.29 is 13.5 Å². The maximum Gasteiger partial charge on any atom is 0.245 e. The maximum atomic E-state index is 13.0. The molecule has 4 heterocycles. The molecule has 2 saturated heterocycles. The molecular formula is C16H18FN5O2. The second-order valence-electron chi connectivity index (χ2n) is 6.85. The molecule has 0 aromatic carbocycles. The summed E-state index contributed by atoms with van der Waals surface area (Å²) in [7, 11) is 0. The van der Waals surface area contributed by atoms with Crippen molar-refractivity contribution >= 4 is 5.95 Å². The van der Waals surface area contributed by atoms with Crippen LogP contribution in [0.15, 0.2) is 16.8 Å². The van der Waals surface area contributed by atoms with Gasteiger partial charge in [-0.05, 0) is 31.6 Å². The summed E-state index contributed by atoms with van der Waals surface area (Å²) in [6, 6.07) is 0. The van der Waals surface area contributed by atoms with E-state index in [2.05, 4.69) is 20.2 Å². The van der Waals surface area contributed by atoms with Crippen molar-refractivity contribution in [1.82, 2.24) is 20.2 Å². The van der Waals surface area contributed by atoms with Gasteiger partial charge in [0.05, 0.1) is 18.5 Å². The molecule has 1 saturated carbocycles. The number of halogens is 1. The fraction of sp³-hybridized carbons (Fsp3) is 0.625. The minimum Gasteiger partial charge on any atom is -0.422 e. The second-order valence-corrected chi connectivity index (χ2v) is 6.85.